The Morgan fingerprint density at radius 1 is 1.31 bits per heavy atom. The Labute approximate surface area is 173 Å². The number of aromatic nitrogens is 2. The normalized spacial score (nSPS) is 14.5. The van der Waals surface area contributed by atoms with Gasteiger partial charge in [0.05, 0.1) is 17.4 Å². The van der Waals surface area contributed by atoms with Crippen molar-refractivity contribution in [3.05, 3.63) is 45.7 Å². The lowest BCUT2D eigenvalue weighted by atomic mass is 9.97. The smallest absolute Gasteiger partial charge is 0.353 e. The van der Waals surface area contributed by atoms with E-state index in [0.717, 1.165) is 0 Å². The van der Waals surface area contributed by atoms with E-state index in [1.54, 1.807) is 43.1 Å². The van der Waals surface area contributed by atoms with Crippen molar-refractivity contribution >= 4 is 40.6 Å². The van der Waals surface area contributed by atoms with E-state index in [4.69, 9.17) is 16.3 Å². The van der Waals surface area contributed by atoms with Crippen molar-refractivity contribution in [2.75, 3.05) is 36.5 Å². The van der Waals surface area contributed by atoms with E-state index in [-0.39, 0.29) is 29.2 Å². The molecular weight excluding hydrogens is 398 g/mol. The van der Waals surface area contributed by atoms with Crippen LogP contribution in [0.25, 0.3) is 0 Å². The lowest BCUT2D eigenvalue weighted by Gasteiger charge is -2.31. The second kappa shape index (κ2) is 9.04. The minimum Gasteiger partial charge on any atom is -0.466 e. The standard InChI is InChI=1S/C19H22ClN5O4/c1-3-29-19(26)13-8-10-24(11-9-13)18-16(25(27)28)17(21-12-22-18)23(2)15-6-4-14(20)5-7-15/h4-7,12-13H,3,8-11H2,1-2H3. The summed E-state index contributed by atoms with van der Waals surface area (Å²) in [5, 5.41) is 12.5. The van der Waals surface area contributed by atoms with E-state index in [9.17, 15) is 14.9 Å². The average molecular weight is 420 g/mol. The summed E-state index contributed by atoms with van der Waals surface area (Å²) in [5.74, 6) is 0.0359. The van der Waals surface area contributed by atoms with Crippen molar-refractivity contribution in [1.82, 2.24) is 9.97 Å². The number of carbonyl (C=O) groups excluding carboxylic acids is 1. The summed E-state index contributed by atoms with van der Waals surface area (Å²) in [5.41, 5.74) is 0.544. The molecule has 0 spiro atoms. The molecular formula is C19H22ClN5O4. The zero-order valence-electron chi connectivity index (χ0n) is 16.2. The van der Waals surface area contributed by atoms with E-state index in [0.29, 0.717) is 43.2 Å². The van der Waals surface area contributed by atoms with Crippen molar-refractivity contribution < 1.29 is 14.5 Å². The fraction of sp³-hybridized carbons (Fsp3) is 0.421. The summed E-state index contributed by atoms with van der Waals surface area (Å²) >= 11 is 5.93. The number of benzene rings is 1. The number of piperidine rings is 1. The van der Waals surface area contributed by atoms with Gasteiger partial charge >= 0.3 is 11.7 Å². The zero-order chi connectivity index (χ0) is 21.0. The lowest BCUT2D eigenvalue weighted by molar-refractivity contribution is -0.383. The Morgan fingerprint density at radius 3 is 2.55 bits per heavy atom. The van der Waals surface area contributed by atoms with Crippen LogP contribution in [0.2, 0.25) is 5.02 Å². The monoisotopic (exact) mass is 419 g/mol. The molecule has 3 rings (SSSR count). The maximum Gasteiger partial charge on any atom is 0.353 e. The van der Waals surface area contributed by atoms with Crippen molar-refractivity contribution in [2.24, 2.45) is 5.92 Å². The van der Waals surface area contributed by atoms with Gasteiger partial charge in [-0.3, -0.25) is 14.9 Å². The first-order chi connectivity index (χ1) is 13.9. The molecule has 0 saturated carbocycles. The summed E-state index contributed by atoms with van der Waals surface area (Å²) in [6.07, 6.45) is 2.44. The predicted molar refractivity (Wildman–Crippen MR) is 110 cm³/mol. The average Bonchev–Trinajstić information content (AvgIpc) is 2.73. The van der Waals surface area contributed by atoms with Gasteiger partial charge in [0, 0.05) is 30.8 Å². The van der Waals surface area contributed by atoms with Gasteiger partial charge in [-0.2, -0.15) is 0 Å². The molecule has 1 saturated heterocycles. The van der Waals surface area contributed by atoms with E-state index >= 15 is 0 Å². The molecule has 0 amide bonds. The summed E-state index contributed by atoms with van der Waals surface area (Å²) in [7, 11) is 1.70. The Bertz CT molecular complexity index is 885. The number of halogens is 1. The van der Waals surface area contributed by atoms with Crippen molar-refractivity contribution in [3.63, 3.8) is 0 Å². The van der Waals surface area contributed by atoms with E-state index in [1.165, 1.54) is 6.33 Å². The summed E-state index contributed by atoms with van der Waals surface area (Å²) in [4.78, 5) is 35.2. The van der Waals surface area contributed by atoms with Crippen molar-refractivity contribution in [2.45, 2.75) is 19.8 Å². The first-order valence-electron chi connectivity index (χ1n) is 9.32. The van der Waals surface area contributed by atoms with Gasteiger partial charge < -0.3 is 14.5 Å². The Morgan fingerprint density at radius 2 is 1.97 bits per heavy atom. The molecule has 1 aromatic heterocycles. The molecule has 2 heterocycles. The Balaban J connectivity index is 1.87. The van der Waals surface area contributed by atoms with Gasteiger partial charge in [0.2, 0.25) is 11.6 Å². The number of hydrogen-bond acceptors (Lipinski definition) is 8. The van der Waals surface area contributed by atoms with E-state index in [1.807, 2.05) is 4.90 Å². The molecule has 1 aliphatic rings. The van der Waals surface area contributed by atoms with Gasteiger partial charge in [-0.15, -0.1) is 0 Å². The molecule has 10 heteroatoms. The van der Waals surface area contributed by atoms with Crippen LogP contribution >= 0.6 is 11.6 Å². The molecule has 9 nitrogen and oxygen atoms in total. The number of hydrogen-bond donors (Lipinski definition) is 0. The van der Waals surface area contributed by atoms with Gasteiger partial charge in [0.25, 0.3) is 0 Å². The van der Waals surface area contributed by atoms with Crippen LogP contribution in [0, 0.1) is 16.0 Å². The molecule has 0 aliphatic carbocycles. The van der Waals surface area contributed by atoms with Crippen LogP contribution in [0.5, 0.6) is 0 Å². The molecule has 0 N–H and O–H groups in total. The SMILES string of the molecule is CCOC(=O)C1CCN(c2ncnc(N(C)c3ccc(Cl)cc3)c2[N+](=O)[O-])CC1. The molecule has 1 aliphatic heterocycles. The van der Waals surface area contributed by atoms with Crippen LogP contribution in [-0.2, 0) is 9.53 Å². The maximum absolute atomic E-state index is 12.0. The predicted octanol–water partition coefficient (Wildman–Crippen LogP) is 3.59. The quantitative estimate of drug-likeness (QED) is 0.397. The second-order valence-corrected chi connectivity index (χ2v) is 7.11. The third-order valence-electron chi connectivity index (χ3n) is 4.91. The minimum absolute atomic E-state index is 0.167. The summed E-state index contributed by atoms with van der Waals surface area (Å²) < 4.78 is 5.08. The number of anilines is 3. The molecule has 0 bridgehead atoms. The molecule has 1 fully saturated rings. The number of carbonyl (C=O) groups is 1. The van der Waals surface area contributed by atoms with Crippen molar-refractivity contribution in [3.8, 4) is 0 Å². The zero-order valence-corrected chi connectivity index (χ0v) is 17.0. The van der Waals surface area contributed by atoms with Gasteiger partial charge in [-0.05, 0) is 44.0 Å². The lowest BCUT2D eigenvalue weighted by Crippen LogP contribution is -2.38. The number of nitrogens with zero attached hydrogens (tertiary/aromatic N) is 5. The Hall–Kier alpha value is -2.94. The summed E-state index contributed by atoms with van der Waals surface area (Å²) in [6, 6.07) is 6.94. The van der Waals surface area contributed by atoms with Crippen LogP contribution in [0.4, 0.5) is 23.0 Å². The molecule has 1 aromatic carbocycles. The van der Waals surface area contributed by atoms with Crippen molar-refractivity contribution in [1.29, 1.82) is 0 Å². The molecule has 29 heavy (non-hydrogen) atoms. The van der Waals surface area contributed by atoms with E-state index < -0.39 is 4.92 Å². The van der Waals surface area contributed by atoms with E-state index in [2.05, 4.69) is 9.97 Å². The van der Waals surface area contributed by atoms with Crippen LogP contribution < -0.4 is 9.80 Å². The highest BCUT2D eigenvalue weighted by Crippen LogP contribution is 2.38. The highest BCUT2D eigenvalue weighted by Gasteiger charge is 2.33. The molecule has 0 radical (unpaired) electrons. The van der Waals surface area contributed by atoms with Gasteiger partial charge in [0.1, 0.15) is 6.33 Å². The first kappa shape index (κ1) is 20.8. The summed E-state index contributed by atoms with van der Waals surface area (Å²) in [6.45, 7) is 3.07. The highest BCUT2D eigenvalue weighted by molar-refractivity contribution is 6.30. The third-order valence-corrected chi connectivity index (χ3v) is 5.16. The molecule has 0 atom stereocenters. The number of ether oxygens (including phenoxy) is 1. The second-order valence-electron chi connectivity index (χ2n) is 6.68. The number of rotatable bonds is 6. The minimum atomic E-state index is -0.464. The molecule has 2 aromatic rings. The van der Waals surface area contributed by atoms with Crippen LogP contribution in [0.3, 0.4) is 0 Å². The fourth-order valence-corrected chi connectivity index (χ4v) is 3.50. The third kappa shape index (κ3) is 4.56. The largest absolute Gasteiger partial charge is 0.466 e. The van der Waals surface area contributed by atoms with Crippen LogP contribution in [0.1, 0.15) is 19.8 Å². The van der Waals surface area contributed by atoms with Gasteiger partial charge in [-0.1, -0.05) is 11.6 Å². The van der Waals surface area contributed by atoms with Gasteiger partial charge in [0.15, 0.2) is 0 Å². The molecule has 154 valence electrons. The number of nitro groups is 1. The number of esters is 1. The molecule has 0 unspecified atom stereocenters. The Kier molecular flexibility index (Phi) is 6.48. The van der Waals surface area contributed by atoms with Gasteiger partial charge in [-0.25, -0.2) is 9.97 Å². The highest BCUT2D eigenvalue weighted by atomic mass is 35.5. The topological polar surface area (TPSA) is 102 Å². The first-order valence-corrected chi connectivity index (χ1v) is 9.70. The fourth-order valence-electron chi connectivity index (χ4n) is 3.37. The maximum atomic E-state index is 12.0. The van der Waals surface area contributed by atoms with Crippen LogP contribution in [0.15, 0.2) is 30.6 Å². The van der Waals surface area contributed by atoms with Crippen LogP contribution in [-0.4, -0.2) is 47.6 Å².